The van der Waals surface area contributed by atoms with Crippen molar-refractivity contribution in [1.29, 1.82) is 0 Å². The monoisotopic (exact) mass is 377 g/mol. The first-order valence-corrected chi connectivity index (χ1v) is 8.89. The minimum Gasteiger partial charge on any atom is -0.490 e. The van der Waals surface area contributed by atoms with Crippen molar-refractivity contribution < 1.29 is 23.0 Å². The number of alkyl halides is 2. The highest BCUT2D eigenvalue weighted by atomic mass is 19.3. The molecule has 27 heavy (non-hydrogen) atoms. The summed E-state index contributed by atoms with van der Waals surface area (Å²) in [6.07, 6.45) is 1.08. The Balaban J connectivity index is 1.98. The number of amides is 1. The molecule has 2 aromatic carbocycles. The van der Waals surface area contributed by atoms with Crippen molar-refractivity contribution in [2.45, 2.75) is 39.8 Å². The number of nitrogens with zero attached hydrogens (tertiary/aromatic N) is 1. The van der Waals surface area contributed by atoms with Crippen LogP contribution < -0.4 is 9.47 Å². The van der Waals surface area contributed by atoms with Gasteiger partial charge in [0.05, 0.1) is 6.61 Å². The van der Waals surface area contributed by atoms with Gasteiger partial charge in [-0.25, -0.2) is 0 Å². The van der Waals surface area contributed by atoms with E-state index in [2.05, 4.69) is 10.8 Å². The fourth-order valence-corrected chi connectivity index (χ4v) is 2.78. The highest BCUT2D eigenvalue weighted by molar-refractivity contribution is 5.76. The summed E-state index contributed by atoms with van der Waals surface area (Å²) in [7, 11) is 1.72. The van der Waals surface area contributed by atoms with Crippen molar-refractivity contribution in [3.05, 3.63) is 59.2 Å². The van der Waals surface area contributed by atoms with Crippen LogP contribution in [0.5, 0.6) is 11.5 Å². The second kappa shape index (κ2) is 9.90. The minimum absolute atomic E-state index is 0.0102. The molecule has 0 saturated heterocycles. The van der Waals surface area contributed by atoms with Crippen LogP contribution in [0.1, 0.15) is 30.0 Å². The highest BCUT2D eigenvalue weighted by Gasteiger charge is 2.14. The molecule has 0 unspecified atom stereocenters. The number of carbonyl (C=O) groups excluding carboxylic acids is 1. The van der Waals surface area contributed by atoms with Crippen molar-refractivity contribution in [2.75, 3.05) is 13.7 Å². The zero-order chi connectivity index (χ0) is 19.8. The third-order valence-electron chi connectivity index (χ3n) is 4.08. The van der Waals surface area contributed by atoms with E-state index in [1.165, 1.54) is 11.6 Å². The molecule has 0 spiro atoms. The van der Waals surface area contributed by atoms with E-state index in [1.807, 2.05) is 25.1 Å². The van der Waals surface area contributed by atoms with Gasteiger partial charge in [-0.05, 0) is 43.5 Å². The van der Waals surface area contributed by atoms with Gasteiger partial charge in [-0.15, -0.1) is 0 Å². The average Bonchev–Trinajstić information content (AvgIpc) is 2.61. The van der Waals surface area contributed by atoms with Crippen LogP contribution in [0.15, 0.2) is 42.5 Å². The molecule has 0 radical (unpaired) electrons. The van der Waals surface area contributed by atoms with Gasteiger partial charge in [0.25, 0.3) is 0 Å². The molecule has 2 aromatic rings. The minimum atomic E-state index is -2.92. The summed E-state index contributed by atoms with van der Waals surface area (Å²) in [6, 6.07) is 12.8. The van der Waals surface area contributed by atoms with Gasteiger partial charge in [0.2, 0.25) is 5.91 Å². The van der Waals surface area contributed by atoms with Crippen LogP contribution in [0.25, 0.3) is 0 Å². The smallest absolute Gasteiger partial charge is 0.387 e. The Hall–Kier alpha value is -2.63. The van der Waals surface area contributed by atoms with Gasteiger partial charge in [-0.1, -0.05) is 35.9 Å². The van der Waals surface area contributed by atoms with Gasteiger partial charge in [0, 0.05) is 20.0 Å². The molecule has 1 amide bonds. The van der Waals surface area contributed by atoms with E-state index in [0.717, 1.165) is 11.1 Å². The first-order chi connectivity index (χ1) is 12.9. The Kier molecular flexibility index (Phi) is 7.58. The molecule has 6 heteroatoms. The number of rotatable bonds is 9. The number of halogens is 2. The lowest BCUT2D eigenvalue weighted by Gasteiger charge is -2.19. The second-order valence-corrected chi connectivity index (χ2v) is 6.33. The van der Waals surface area contributed by atoms with E-state index in [4.69, 9.17) is 4.74 Å². The molecule has 0 heterocycles. The molecule has 0 saturated carbocycles. The fraction of sp³-hybridized carbons (Fsp3) is 0.381. The number of aryl methyl sites for hydroxylation is 2. The SMILES string of the molecule is CCOc1cc(CN(C)C(=O)CCc2cccc(C)c2)ccc1OC(F)F. The van der Waals surface area contributed by atoms with Crippen molar-refractivity contribution in [3.63, 3.8) is 0 Å². The van der Waals surface area contributed by atoms with E-state index in [1.54, 1.807) is 31.0 Å². The summed E-state index contributed by atoms with van der Waals surface area (Å²) in [5.74, 6) is 0.252. The van der Waals surface area contributed by atoms with Gasteiger partial charge < -0.3 is 14.4 Å². The lowest BCUT2D eigenvalue weighted by Crippen LogP contribution is -2.26. The molecule has 2 rings (SSSR count). The van der Waals surface area contributed by atoms with E-state index >= 15 is 0 Å². The van der Waals surface area contributed by atoms with E-state index in [0.29, 0.717) is 26.0 Å². The van der Waals surface area contributed by atoms with Gasteiger partial charge >= 0.3 is 6.61 Å². The molecule has 0 bridgehead atoms. The molecular formula is C21H25F2NO3. The number of hydrogen-bond acceptors (Lipinski definition) is 3. The normalized spacial score (nSPS) is 10.7. The summed E-state index contributed by atoms with van der Waals surface area (Å²) in [5, 5.41) is 0. The maximum absolute atomic E-state index is 12.5. The van der Waals surface area contributed by atoms with Gasteiger partial charge in [-0.2, -0.15) is 8.78 Å². The molecule has 0 aliphatic heterocycles. The largest absolute Gasteiger partial charge is 0.490 e. The number of hydrogen-bond donors (Lipinski definition) is 0. The summed E-state index contributed by atoms with van der Waals surface area (Å²) in [6.45, 7) is 1.56. The van der Waals surface area contributed by atoms with Crippen LogP contribution in [0, 0.1) is 6.92 Å². The van der Waals surface area contributed by atoms with Gasteiger partial charge in [0.1, 0.15) is 0 Å². The Labute approximate surface area is 158 Å². The maximum atomic E-state index is 12.5. The van der Waals surface area contributed by atoms with E-state index in [-0.39, 0.29) is 17.4 Å². The van der Waals surface area contributed by atoms with Crippen LogP contribution in [-0.4, -0.2) is 31.1 Å². The molecular weight excluding hydrogens is 352 g/mol. The molecule has 0 aromatic heterocycles. The Bertz CT molecular complexity index is 765. The molecule has 0 aliphatic rings. The average molecular weight is 377 g/mol. The zero-order valence-corrected chi connectivity index (χ0v) is 15.9. The first kappa shape index (κ1) is 20.7. The lowest BCUT2D eigenvalue weighted by molar-refractivity contribution is -0.130. The van der Waals surface area contributed by atoms with Crippen LogP contribution >= 0.6 is 0 Å². The molecule has 4 nitrogen and oxygen atoms in total. The standard InChI is InChI=1S/C21H25F2NO3/c1-4-26-19-13-17(8-10-18(19)27-21(22)23)14-24(3)20(25)11-9-16-7-5-6-15(2)12-16/h5-8,10,12-13,21H,4,9,11,14H2,1-3H3. The molecule has 0 fully saturated rings. The van der Waals surface area contributed by atoms with Crippen molar-refractivity contribution in [2.24, 2.45) is 0 Å². The number of carbonyl (C=O) groups is 1. The first-order valence-electron chi connectivity index (χ1n) is 8.89. The van der Waals surface area contributed by atoms with Crippen LogP contribution in [-0.2, 0) is 17.8 Å². The highest BCUT2D eigenvalue weighted by Crippen LogP contribution is 2.30. The zero-order valence-electron chi connectivity index (χ0n) is 15.9. The predicted molar refractivity (Wildman–Crippen MR) is 100 cm³/mol. The molecule has 0 atom stereocenters. The summed E-state index contributed by atoms with van der Waals surface area (Å²) in [5.41, 5.74) is 3.08. The fourth-order valence-electron chi connectivity index (χ4n) is 2.78. The maximum Gasteiger partial charge on any atom is 0.387 e. The molecule has 0 N–H and O–H groups in total. The summed E-state index contributed by atoms with van der Waals surface area (Å²) < 4.78 is 34.8. The van der Waals surface area contributed by atoms with E-state index < -0.39 is 6.61 Å². The van der Waals surface area contributed by atoms with Crippen LogP contribution in [0.4, 0.5) is 8.78 Å². The Morgan fingerprint density at radius 2 is 1.89 bits per heavy atom. The van der Waals surface area contributed by atoms with Gasteiger partial charge in [-0.3, -0.25) is 4.79 Å². The lowest BCUT2D eigenvalue weighted by atomic mass is 10.1. The quantitative estimate of drug-likeness (QED) is 0.642. The Morgan fingerprint density at radius 3 is 2.56 bits per heavy atom. The third-order valence-corrected chi connectivity index (χ3v) is 4.08. The summed E-state index contributed by atoms with van der Waals surface area (Å²) >= 11 is 0. The molecule has 0 aliphatic carbocycles. The molecule has 146 valence electrons. The number of benzene rings is 2. The van der Waals surface area contributed by atoms with Crippen molar-refractivity contribution in [3.8, 4) is 11.5 Å². The second-order valence-electron chi connectivity index (χ2n) is 6.33. The third kappa shape index (κ3) is 6.55. The Morgan fingerprint density at radius 1 is 1.11 bits per heavy atom. The van der Waals surface area contributed by atoms with E-state index in [9.17, 15) is 13.6 Å². The van der Waals surface area contributed by atoms with Crippen LogP contribution in [0.3, 0.4) is 0 Å². The van der Waals surface area contributed by atoms with Gasteiger partial charge in [0.15, 0.2) is 11.5 Å². The summed E-state index contributed by atoms with van der Waals surface area (Å²) in [4.78, 5) is 14.0. The number of ether oxygens (including phenoxy) is 2. The van der Waals surface area contributed by atoms with Crippen LogP contribution in [0.2, 0.25) is 0 Å². The topological polar surface area (TPSA) is 38.8 Å². The predicted octanol–water partition coefficient (Wildman–Crippen LogP) is 4.59. The van der Waals surface area contributed by atoms with Crippen molar-refractivity contribution >= 4 is 5.91 Å². The van der Waals surface area contributed by atoms with Crippen molar-refractivity contribution in [1.82, 2.24) is 4.90 Å².